The van der Waals surface area contributed by atoms with Gasteiger partial charge >= 0.3 is 12.2 Å². The van der Waals surface area contributed by atoms with Gasteiger partial charge in [0.2, 0.25) is 0 Å². The lowest BCUT2D eigenvalue weighted by Gasteiger charge is -2.36. The highest BCUT2D eigenvalue weighted by Crippen LogP contribution is 2.40. The number of nitrogens with one attached hydrogen (secondary N) is 1. The number of carbonyl (C=O) groups is 1. The summed E-state index contributed by atoms with van der Waals surface area (Å²) in [5.41, 5.74) is 0.292. The Balaban J connectivity index is 1.36. The Kier molecular flexibility index (Phi) is 6.33. The molecule has 1 saturated heterocycles. The van der Waals surface area contributed by atoms with Gasteiger partial charge in [0.15, 0.2) is 0 Å². The quantitative estimate of drug-likeness (QED) is 0.472. The zero-order valence-electron chi connectivity index (χ0n) is 19.8. The van der Waals surface area contributed by atoms with Crippen LogP contribution in [0.15, 0.2) is 24.3 Å². The lowest BCUT2D eigenvalue weighted by molar-refractivity contribution is -0.136. The average molecular weight is 504 g/mol. The third-order valence-electron chi connectivity index (χ3n) is 6.67. The number of anilines is 2. The molecule has 1 aromatic carbocycles. The maximum atomic E-state index is 13.3. The van der Waals surface area contributed by atoms with Crippen LogP contribution in [0.25, 0.3) is 10.2 Å². The summed E-state index contributed by atoms with van der Waals surface area (Å²) < 4.78 is 39.9. The number of hydrogen-bond donors (Lipinski definition) is 1. The molecule has 1 aliphatic carbocycles. The van der Waals surface area contributed by atoms with Crippen LogP contribution in [0.2, 0.25) is 0 Å². The highest BCUT2D eigenvalue weighted by atomic mass is 32.1. The largest absolute Gasteiger partial charge is 0.418 e. The number of para-hydroxylation sites is 1. The van der Waals surface area contributed by atoms with E-state index in [4.69, 9.17) is 9.97 Å². The number of nitrogens with zero attached hydrogens (tertiary/aromatic N) is 4. The smallest absolute Gasteiger partial charge is 0.352 e. The molecular formula is C25H28F3N5OS. The number of benzene rings is 1. The van der Waals surface area contributed by atoms with Crippen LogP contribution in [0.1, 0.15) is 54.4 Å². The zero-order valence-corrected chi connectivity index (χ0v) is 20.6. The maximum Gasteiger partial charge on any atom is 0.418 e. The van der Waals surface area contributed by atoms with E-state index in [0.717, 1.165) is 47.2 Å². The summed E-state index contributed by atoms with van der Waals surface area (Å²) in [7, 11) is 0. The molecule has 0 unspecified atom stereocenters. The van der Waals surface area contributed by atoms with E-state index in [1.807, 2.05) is 0 Å². The topological polar surface area (TPSA) is 61.4 Å². The Bertz CT molecular complexity index is 1250. The van der Waals surface area contributed by atoms with Crippen molar-refractivity contribution in [1.82, 2.24) is 14.9 Å². The minimum Gasteiger partial charge on any atom is -0.352 e. The lowest BCUT2D eigenvalue weighted by atomic mass is 9.96. The number of aryl methyl sites for hydroxylation is 2. The Morgan fingerprint density at radius 2 is 1.77 bits per heavy atom. The molecule has 2 aliphatic rings. The fraction of sp³-hybridized carbons (Fsp3) is 0.480. The van der Waals surface area contributed by atoms with Crippen molar-refractivity contribution < 1.29 is 18.0 Å². The van der Waals surface area contributed by atoms with Gasteiger partial charge in [0, 0.05) is 37.0 Å². The minimum atomic E-state index is -4.53. The molecule has 0 spiro atoms. The predicted molar refractivity (Wildman–Crippen MR) is 132 cm³/mol. The monoisotopic (exact) mass is 503 g/mol. The van der Waals surface area contributed by atoms with E-state index in [1.165, 1.54) is 35.1 Å². The normalized spacial score (nSPS) is 16.6. The fourth-order valence-electron chi connectivity index (χ4n) is 4.80. The van der Waals surface area contributed by atoms with Crippen LogP contribution >= 0.6 is 11.3 Å². The van der Waals surface area contributed by atoms with E-state index < -0.39 is 17.8 Å². The highest BCUT2D eigenvalue weighted by Gasteiger charge is 2.34. The molecule has 1 fully saturated rings. The van der Waals surface area contributed by atoms with Gasteiger partial charge in [-0.05, 0) is 43.4 Å². The third-order valence-corrected chi connectivity index (χ3v) is 7.86. The summed E-state index contributed by atoms with van der Waals surface area (Å²) in [5, 5.41) is 3.60. The van der Waals surface area contributed by atoms with Crippen molar-refractivity contribution in [1.29, 1.82) is 0 Å². The molecule has 3 aromatic rings. The van der Waals surface area contributed by atoms with Crippen LogP contribution in [0.5, 0.6) is 0 Å². The summed E-state index contributed by atoms with van der Waals surface area (Å²) in [5.74, 6) is 1.94. The van der Waals surface area contributed by atoms with Crippen molar-refractivity contribution in [2.45, 2.75) is 51.6 Å². The van der Waals surface area contributed by atoms with Crippen molar-refractivity contribution in [3.63, 3.8) is 0 Å². The van der Waals surface area contributed by atoms with Gasteiger partial charge in [-0.2, -0.15) is 13.2 Å². The van der Waals surface area contributed by atoms with Crippen LogP contribution in [0, 0.1) is 0 Å². The molecule has 35 heavy (non-hydrogen) atoms. The van der Waals surface area contributed by atoms with Gasteiger partial charge in [-0.25, -0.2) is 14.8 Å². The highest BCUT2D eigenvalue weighted by molar-refractivity contribution is 7.19. The van der Waals surface area contributed by atoms with Gasteiger partial charge in [0.1, 0.15) is 16.5 Å². The number of alkyl halides is 3. The van der Waals surface area contributed by atoms with Gasteiger partial charge in [0.25, 0.3) is 0 Å². The van der Waals surface area contributed by atoms with E-state index in [9.17, 15) is 18.0 Å². The van der Waals surface area contributed by atoms with Crippen molar-refractivity contribution in [3.8, 4) is 0 Å². The van der Waals surface area contributed by atoms with Gasteiger partial charge in [-0.3, -0.25) is 0 Å². The Labute approximate surface area is 206 Å². The van der Waals surface area contributed by atoms with Gasteiger partial charge in [-0.15, -0.1) is 11.3 Å². The molecule has 186 valence electrons. The predicted octanol–water partition coefficient (Wildman–Crippen LogP) is 6.07. The van der Waals surface area contributed by atoms with Crippen LogP contribution in [0.4, 0.5) is 29.5 Å². The molecule has 10 heteroatoms. The van der Waals surface area contributed by atoms with Crippen LogP contribution in [-0.2, 0) is 19.0 Å². The number of amides is 2. The Morgan fingerprint density at radius 1 is 1.06 bits per heavy atom. The molecule has 5 rings (SSSR count). The van der Waals surface area contributed by atoms with Gasteiger partial charge in [-0.1, -0.05) is 26.0 Å². The second-order valence-electron chi connectivity index (χ2n) is 9.40. The fourth-order valence-corrected chi connectivity index (χ4v) is 6.06. The zero-order chi connectivity index (χ0) is 24.7. The molecule has 0 radical (unpaired) electrons. The van der Waals surface area contributed by atoms with E-state index in [2.05, 4.69) is 24.1 Å². The molecule has 2 aromatic heterocycles. The molecule has 0 saturated carbocycles. The number of thiophene rings is 1. The summed E-state index contributed by atoms with van der Waals surface area (Å²) in [6.07, 6.45) is -0.0505. The summed E-state index contributed by atoms with van der Waals surface area (Å²) in [6, 6.07) is 4.53. The Morgan fingerprint density at radius 3 is 2.49 bits per heavy atom. The number of urea groups is 1. The molecule has 1 aliphatic heterocycles. The first kappa shape index (κ1) is 23.8. The van der Waals surface area contributed by atoms with E-state index >= 15 is 0 Å². The molecule has 6 nitrogen and oxygen atoms in total. The number of piperazine rings is 1. The number of rotatable bonds is 3. The van der Waals surface area contributed by atoms with Crippen LogP contribution in [0.3, 0.4) is 0 Å². The van der Waals surface area contributed by atoms with Crippen molar-refractivity contribution in [3.05, 3.63) is 46.1 Å². The van der Waals surface area contributed by atoms with Crippen molar-refractivity contribution in [2.75, 3.05) is 36.4 Å². The molecular weight excluding hydrogens is 475 g/mol. The lowest BCUT2D eigenvalue weighted by Crippen LogP contribution is -2.50. The molecule has 3 heterocycles. The summed E-state index contributed by atoms with van der Waals surface area (Å²) >= 11 is 1.78. The number of carbonyl (C=O) groups excluding carboxylic acids is 1. The van der Waals surface area contributed by atoms with Crippen molar-refractivity contribution in [2.24, 2.45) is 0 Å². The minimum absolute atomic E-state index is 0.193. The van der Waals surface area contributed by atoms with Gasteiger partial charge < -0.3 is 15.1 Å². The molecule has 0 atom stereocenters. The first-order valence-electron chi connectivity index (χ1n) is 12.0. The molecule has 2 amide bonds. The second-order valence-corrected chi connectivity index (χ2v) is 10.5. The molecule has 0 bridgehead atoms. The van der Waals surface area contributed by atoms with E-state index in [1.54, 1.807) is 16.2 Å². The summed E-state index contributed by atoms with van der Waals surface area (Å²) in [6.45, 7) is 6.08. The van der Waals surface area contributed by atoms with E-state index in [-0.39, 0.29) is 11.6 Å². The number of halogens is 3. The maximum absolute atomic E-state index is 13.3. The third kappa shape index (κ3) is 4.68. The first-order valence-corrected chi connectivity index (χ1v) is 12.8. The molecule has 1 N–H and O–H groups in total. The van der Waals surface area contributed by atoms with Crippen LogP contribution in [-0.4, -0.2) is 47.1 Å². The van der Waals surface area contributed by atoms with Crippen LogP contribution < -0.4 is 10.2 Å². The number of fused-ring (bicyclic) bond motifs is 3. The standard InChI is InChI=1S/C25H28F3N5OS/c1-15(2)21-30-22(20-16-7-3-6-10-19(16)35-23(20)31-21)32-11-13-33(14-12-32)24(34)29-18-9-5-4-8-17(18)25(26,27)28/h4-5,8-9,15H,3,6-7,10-14H2,1-2H3,(H,29,34). The van der Waals surface area contributed by atoms with Crippen molar-refractivity contribution >= 4 is 39.1 Å². The number of aromatic nitrogens is 2. The summed E-state index contributed by atoms with van der Waals surface area (Å²) in [4.78, 5) is 28.8. The van der Waals surface area contributed by atoms with E-state index in [0.29, 0.717) is 26.2 Å². The van der Waals surface area contributed by atoms with Gasteiger partial charge in [0.05, 0.1) is 16.6 Å². The SMILES string of the molecule is CC(C)c1nc(N2CCN(C(=O)Nc3ccccc3C(F)(F)F)CC2)c2c3c(sc2n1)CCCC3. The number of hydrogen-bond acceptors (Lipinski definition) is 5. The average Bonchev–Trinajstić information content (AvgIpc) is 3.22. The Hall–Kier alpha value is -2.88. The second kappa shape index (κ2) is 9.29. The first-order chi connectivity index (χ1) is 16.7.